The van der Waals surface area contributed by atoms with E-state index in [1.807, 2.05) is 12.1 Å². The van der Waals surface area contributed by atoms with Gasteiger partial charge in [0, 0.05) is 29.5 Å². The Morgan fingerprint density at radius 1 is 1.00 bits per heavy atom. The molecule has 2 aromatic carbocycles. The largest absolute Gasteiger partial charge is 0.328 e. The molecule has 2 amide bonds. The van der Waals surface area contributed by atoms with E-state index in [0.717, 1.165) is 5.69 Å². The molecule has 1 saturated heterocycles. The van der Waals surface area contributed by atoms with Gasteiger partial charge < -0.3 is 10.2 Å². The predicted molar refractivity (Wildman–Crippen MR) is 98.7 cm³/mol. The van der Waals surface area contributed by atoms with Crippen LogP contribution in [0.3, 0.4) is 0 Å². The first kappa shape index (κ1) is 16.9. The number of guanidine groups is 1. The molecule has 1 aliphatic heterocycles. The van der Waals surface area contributed by atoms with Crippen molar-refractivity contribution in [1.29, 1.82) is 5.41 Å². The number of amides is 2. The van der Waals surface area contributed by atoms with E-state index in [2.05, 4.69) is 5.32 Å². The molecule has 1 heterocycles. The zero-order valence-electron chi connectivity index (χ0n) is 12.4. The molecule has 124 valence electrons. The average molecular weight is 384 g/mol. The Bertz CT molecular complexity index is 794. The third kappa shape index (κ3) is 3.43. The average Bonchev–Trinajstić information content (AvgIpc) is 2.93. The zero-order valence-corrected chi connectivity index (χ0v) is 14.7. The number of halogens is 3. The second-order valence-corrected chi connectivity index (χ2v) is 6.41. The van der Waals surface area contributed by atoms with Crippen molar-refractivity contribution in [3.05, 3.63) is 57.5 Å². The van der Waals surface area contributed by atoms with Crippen molar-refractivity contribution >= 4 is 58.2 Å². The summed E-state index contributed by atoms with van der Waals surface area (Å²) in [6.45, 7) is 0.948. The van der Waals surface area contributed by atoms with Gasteiger partial charge in [-0.3, -0.25) is 10.3 Å². The molecule has 5 nitrogen and oxygen atoms in total. The molecule has 2 aromatic rings. The maximum absolute atomic E-state index is 12.4. The van der Waals surface area contributed by atoms with Gasteiger partial charge in [0.1, 0.15) is 0 Å². The molecule has 8 heteroatoms. The Balaban J connectivity index is 1.71. The number of rotatable bonds is 2. The number of hydrogen-bond donors (Lipinski definition) is 2. The number of benzene rings is 2. The molecule has 0 aromatic heterocycles. The first-order valence-electron chi connectivity index (χ1n) is 7.11. The number of nitrogens with one attached hydrogen (secondary N) is 2. The van der Waals surface area contributed by atoms with Crippen molar-refractivity contribution in [2.24, 2.45) is 0 Å². The molecular weight excluding hydrogens is 371 g/mol. The number of nitrogens with zero attached hydrogens (tertiary/aromatic N) is 2. The van der Waals surface area contributed by atoms with Crippen molar-refractivity contribution < 1.29 is 4.79 Å². The second-order valence-electron chi connectivity index (χ2n) is 5.16. The van der Waals surface area contributed by atoms with Crippen molar-refractivity contribution in [3.8, 4) is 0 Å². The van der Waals surface area contributed by atoms with Gasteiger partial charge in [-0.15, -0.1) is 0 Å². The van der Waals surface area contributed by atoms with Crippen molar-refractivity contribution in [2.75, 3.05) is 23.3 Å². The molecule has 0 bridgehead atoms. The number of carbonyl (C=O) groups excluding carboxylic acids is 1. The van der Waals surface area contributed by atoms with E-state index >= 15 is 0 Å². The van der Waals surface area contributed by atoms with Crippen LogP contribution in [0.25, 0.3) is 0 Å². The maximum atomic E-state index is 12.4. The van der Waals surface area contributed by atoms with E-state index in [0.29, 0.717) is 33.8 Å². The van der Waals surface area contributed by atoms with Crippen LogP contribution in [-0.4, -0.2) is 30.0 Å². The number of urea groups is 1. The summed E-state index contributed by atoms with van der Waals surface area (Å²) in [5.41, 5.74) is 1.33. The molecule has 0 aliphatic carbocycles. The first-order valence-corrected chi connectivity index (χ1v) is 8.24. The van der Waals surface area contributed by atoms with Crippen LogP contribution in [0.4, 0.5) is 16.2 Å². The van der Waals surface area contributed by atoms with E-state index in [9.17, 15) is 4.79 Å². The van der Waals surface area contributed by atoms with Gasteiger partial charge in [0.05, 0.1) is 10.0 Å². The fourth-order valence-electron chi connectivity index (χ4n) is 2.39. The van der Waals surface area contributed by atoms with E-state index in [1.54, 1.807) is 35.2 Å². The second kappa shape index (κ2) is 6.89. The summed E-state index contributed by atoms with van der Waals surface area (Å²) in [4.78, 5) is 15.5. The Hall–Kier alpha value is -1.95. The first-order chi connectivity index (χ1) is 11.5. The fourth-order valence-corrected chi connectivity index (χ4v) is 2.82. The summed E-state index contributed by atoms with van der Waals surface area (Å²) >= 11 is 17.7. The molecule has 0 atom stereocenters. The SMILES string of the molecule is N=C1N(C(=O)Nc2ccc(Cl)c(Cl)c2)CCN1c1ccc(Cl)cc1. The van der Waals surface area contributed by atoms with Crippen molar-refractivity contribution in [1.82, 2.24) is 4.90 Å². The highest BCUT2D eigenvalue weighted by Crippen LogP contribution is 2.26. The van der Waals surface area contributed by atoms with Gasteiger partial charge in [-0.05, 0) is 42.5 Å². The fraction of sp³-hybridized carbons (Fsp3) is 0.125. The maximum Gasteiger partial charge on any atom is 0.328 e. The molecule has 3 rings (SSSR count). The topological polar surface area (TPSA) is 59.4 Å². The van der Waals surface area contributed by atoms with Crippen molar-refractivity contribution in [2.45, 2.75) is 0 Å². The number of anilines is 2. The summed E-state index contributed by atoms with van der Waals surface area (Å²) in [6.07, 6.45) is 0. The summed E-state index contributed by atoms with van der Waals surface area (Å²) in [5, 5.41) is 12.3. The monoisotopic (exact) mass is 382 g/mol. The molecule has 2 N–H and O–H groups in total. The van der Waals surface area contributed by atoms with E-state index in [-0.39, 0.29) is 5.96 Å². The quantitative estimate of drug-likeness (QED) is 0.772. The minimum absolute atomic E-state index is 0.106. The molecule has 24 heavy (non-hydrogen) atoms. The van der Waals surface area contributed by atoms with Gasteiger partial charge in [0.25, 0.3) is 0 Å². The minimum atomic E-state index is -0.394. The summed E-state index contributed by atoms with van der Waals surface area (Å²) in [7, 11) is 0. The van der Waals surface area contributed by atoms with Gasteiger partial charge in [0.15, 0.2) is 0 Å². The van der Waals surface area contributed by atoms with Gasteiger partial charge in [-0.2, -0.15) is 0 Å². The van der Waals surface area contributed by atoms with Crippen LogP contribution >= 0.6 is 34.8 Å². The lowest BCUT2D eigenvalue weighted by Gasteiger charge is -2.21. The zero-order chi connectivity index (χ0) is 17.3. The standard InChI is InChI=1S/C16H13Cl3N4O/c17-10-1-4-12(5-2-10)22-7-8-23(15(22)20)16(24)21-11-3-6-13(18)14(19)9-11/h1-6,9,20H,7-8H2,(H,21,24). The molecule has 0 radical (unpaired) electrons. The molecule has 0 unspecified atom stereocenters. The number of carbonyl (C=O) groups is 1. The highest BCUT2D eigenvalue weighted by atomic mass is 35.5. The molecule has 1 aliphatic rings. The van der Waals surface area contributed by atoms with Gasteiger partial charge >= 0.3 is 6.03 Å². The normalized spacial score (nSPS) is 14.2. The molecule has 0 saturated carbocycles. The van der Waals surface area contributed by atoms with E-state index in [1.165, 1.54) is 4.90 Å². The summed E-state index contributed by atoms with van der Waals surface area (Å²) in [6, 6.07) is 11.6. The Morgan fingerprint density at radius 3 is 2.38 bits per heavy atom. The predicted octanol–water partition coefficient (Wildman–Crippen LogP) is 4.94. The van der Waals surface area contributed by atoms with Gasteiger partial charge in [-0.1, -0.05) is 34.8 Å². The summed E-state index contributed by atoms with van der Waals surface area (Å²) in [5.74, 6) is 0.106. The van der Waals surface area contributed by atoms with Crippen molar-refractivity contribution in [3.63, 3.8) is 0 Å². The molecule has 1 fully saturated rings. The van der Waals surface area contributed by atoms with Crippen LogP contribution in [0.2, 0.25) is 15.1 Å². The lowest BCUT2D eigenvalue weighted by Crippen LogP contribution is -2.39. The Kier molecular flexibility index (Phi) is 4.85. The van der Waals surface area contributed by atoms with Crippen LogP contribution in [-0.2, 0) is 0 Å². The molecule has 0 spiro atoms. The van der Waals surface area contributed by atoms with E-state index < -0.39 is 6.03 Å². The van der Waals surface area contributed by atoms with Crippen LogP contribution in [0.1, 0.15) is 0 Å². The third-order valence-corrected chi connectivity index (χ3v) is 4.60. The lowest BCUT2D eigenvalue weighted by molar-refractivity contribution is 0.236. The Morgan fingerprint density at radius 2 is 1.71 bits per heavy atom. The molecular formula is C16H13Cl3N4O. The van der Waals surface area contributed by atoms with E-state index in [4.69, 9.17) is 40.2 Å². The van der Waals surface area contributed by atoms with Crippen LogP contribution in [0.15, 0.2) is 42.5 Å². The highest BCUT2D eigenvalue weighted by molar-refractivity contribution is 6.42. The minimum Gasteiger partial charge on any atom is -0.311 e. The van der Waals surface area contributed by atoms with Crippen LogP contribution in [0.5, 0.6) is 0 Å². The summed E-state index contributed by atoms with van der Waals surface area (Å²) < 4.78 is 0. The third-order valence-electron chi connectivity index (χ3n) is 3.61. The van der Waals surface area contributed by atoms with Crippen LogP contribution in [0, 0.1) is 5.41 Å². The van der Waals surface area contributed by atoms with Crippen LogP contribution < -0.4 is 10.2 Å². The Labute approximate surface area is 154 Å². The smallest absolute Gasteiger partial charge is 0.311 e. The highest BCUT2D eigenvalue weighted by Gasteiger charge is 2.31. The van der Waals surface area contributed by atoms with Gasteiger partial charge in [0.2, 0.25) is 5.96 Å². The van der Waals surface area contributed by atoms with Gasteiger partial charge in [-0.25, -0.2) is 4.79 Å². The number of hydrogen-bond acceptors (Lipinski definition) is 2. The lowest BCUT2D eigenvalue weighted by atomic mass is 10.3.